The molecule has 0 saturated carbocycles. The van der Waals surface area contributed by atoms with Crippen LogP contribution in [0.15, 0.2) is 29.3 Å². The van der Waals surface area contributed by atoms with Gasteiger partial charge in [-0.2, -0.15) is 5.10 Å². The number of hydrogen-bond donors (Lipinski definition) is 2. The minimum Gasteiger partial charge on any atom is -0.493 e. The molecule has 0 saturated heterocycles. The normalized spacial score (nSPS) is 12.6. The summed E-state index contributed by atoms with van der Waals surface area (Å²) in [5, 5.41) is 11.2. The molecular weight excluding hydrogens is 342 g/mol. The van der Waals surface area contributed by atoms with Crippen molar-refractivity contribution in [1.82, 2.24) is 15.1 Å². The number of anilines is 1. The molecule has 1 aromatic heterocycles. The van der Waals surface area contributed by atoms with Gasteiger partial charge in [-0.1, -0.05) is 6.92 Å². The second-order valence-corrected chi connectivity index (χ2v) is 6.59. The number of hydrogen-bond acceptors (Lipinski definition) is 4. The second-order valence-electron chi connectivity index (χ2n) is 6.59. The molecule has 1 heterocycles. The number of rotatable bonds is 8. The number of aromatic nitrogens is 2. The van der Waals surface area contributed by atoms with E-state index in [1.165, 1.54) is 5.69 Å². The smallest absolute Gasteiger partial charge is 0.195 e. The summed E-state index contributed by atoms with van der Waals surface area (Å²) in [7, 11) is 3.39. The summed E-state index contributed by atoms with van der Waals surface area (Å²) in [5.41, 5.74) is 3.12. The molecule has 2 rings (SSSR count). The van der Waals surface area contributed by atoms with Gasteiger partial charge in [0.25, 0.3) is 0 Å². The maximum Gasteiger partial charge on any atom is 0.195 e. The SMILES string of the molecule is CCOc1cc(NC(=NC)NCC(C)Cn2nc(C)cc2C)ccc1OC. The Morgan fingerprint density at radius 1 is 1.26 bits per heavy atom. The highest BCUT2D eigenvalue weighted by Gasteiger charge is 2.10. The van der Waals surface area contributed by atoms with E-state index in [1.807, 2.05) is 32.0 Å². The maximum absolute atomic E-state index is 5.63. The van der Waals surface area contributed by atoms with Crippen LogP contribution in [0.4, 0.5) is 5.69 Å². The fraction of sp³-hybridized carbons (Fsp3) is 0.500. The van der Waals surface area contributed by atoms with Gasteiger partial charge in [-0.15, -0.1) is 0 Å². The Hall–Kier alpha value is -2.70. The molecule has 0 radical (unpaired) electrons. The Balaban J connectivity index is 1.93. The fourth-order valence-corrected chi connectivity index (χ4v) is 2.83. The van der Waals surface area contributed by atoms with Crippen molar-refractivity contribution < 1.29 is 9.47 Å². The van der Waals surface area contributed by atoms with E-state index < -0.39 is 0 Å². The lowest BCUT2D eigenvalue weighted by molar-refractivity contribution is 0.311. The first-order valence-corrected chi connectivity index (χ1v) is 9.26. The van der Waals surface area contributed by atoms with E-state index >= 15 is 0 Å². The van der Waals surface area contributed by atoms with Crippen LogP contribution in [0.5, 0.6) is 11.5 Å². The molecule has 1 atom stereocenters. The van der Waals surface area contributed by atoms with Gasteiger partial charge in [-0.05, 0) is 44.9 Å². The van der Waals surface area contributed by atoms with Crippen molar-refractivity contribution in [1.29, 1.82) is 0 Å². The van der Waals surface area contributed by atoms with Gasteiger partial charge in [-0.3, -0.25) is 9.67 Å². The topological polar surface area (TPSA) is 72.7 Å². The Morgan fingerprint density at radius 2 is 2.04 bits per heavy atom. The first kappa shape index (κ1) is 20.6. The number of methoxy groups -OCH3 is 1. The zero-order valence-corrected chi connectivity index (χ0v) is 17.2. The summed E-state index contributed by atoms with van der Waals surface area (Å²) in [5.74, 6) is 2.53. The molecule has 0 aliphatic rings. The van der Waals surface area contributed by atoms with Gasteiger partial charge >= 0.3 is 0 Å². The first-order chi connectivity index (χ1) is 13.0. The highest BCUT2D eigenvalue weighted by molar-refractivity contribution is 5.93. The second kappa shape index (κ2) is 9.85. The van der Waals surface area contributed by atoms with Crippen LogP contribution in [0.2, 0.25) is 0 Å². The molecule has 0 bridgehead atoms. The molecule has 1 aromatic carbocycles. The number of aliphatic imine (C=N–C) groups is 1. The molecule has 7 heteroatoms. The van der Waals surface area contributed by atoms with E-state index in [2.05, 4.69) is 45.3 Å². The van der Waals surface area contributed by atoms with Gasteiger partial charge in [0.1, 0.15) is 0 Å². The third-order valence-corrected chi connectivity index (χ3v) is 4.16. The molecule has 0 aliphatic heterocycles. The van der Waals surface area contributed by atoms with E-state index in [0.29, 0.717) is 30.0 Å². The monoisotopic (exact) mass is 373 g/mol. The van der Waals surface area contributed by atoms with E-state index in [4.69, 9.17) is 9.47 Å². The van der Waals surface area contributed by atoms with Crippen LogP contribution < -0.4 is 20.1 Å². The summed E-state index contributed by atoms with van der Waals surface area (Å²) < 4.78 is 13.0. The predicted molar refractivity (Wildman–Crippen MR) is 110 cm³/mol. The van der Waals surface area contributed by atoms with Crippen molar-refractivity contribution in [3.63, 3.8) is 0 Å². The lowest BCUT2D eigenvalue weighted by Crippen LogP contribution is -2.35. The average Bonchev–Trinajstić information content (AvgIpc) is 2.96. The Bertz CT molecular complexity index is 770. The molecule has 148 valence electrons. The zero-order chi connectivity index (χ0) is 19.8. The first-order valence-electron chi connectivity index (χ1n) is 9.26. The third-order valence-electron chi connectivity index (χ3n) is 4.16. The van der Waals surface area contributed by atoms with Crippen molar-refractivity contribution in [2.45, 2.75) is 34.2 Å². The van der Waals surface area contributed by atoms with Gasteiger partial charge in [0.05, 0.1) is 19.4 Å². The Kier molecular flexibility index (Phi) is 7.52. The van der Waals surface area contributed by atoms with Crippen LogP contribution in [-0.4, -0.2) is 43.0 Å². The largest absolute Gasteiger partial charge is 0.493 e. The highest BCUT2D eigenvalue weighted by atomic mass is 16.5. The van der Waals surface area contributed by atoms with E-state index in [1.54, 1.807) is 14.2 Å². The van der Waals surface area contributed by atoms with Crippen molar-refractivity contribution in [2.24, 2.45) is 10.9 Å². The summed E-state index contributed by atoms with van der Waals surface area (Å²) in [6, 6.07) is 7.83. The number of aryl methyl sites for hydroxylation is 2. The molecule has 1 unspecified atom stereocenters. The van der Waals surface area contributed by atoms with E-state index in [0.717, 1.165) is 24.5 Å². The van der Waals surface area contributed by atoms with Gasteiger partial charge < -0.3 is 20.1 Å². The summed E-state index contributed by atoms with van der Waals surface area (Å²) in [4.78, 5) is 4.30. The molecule has 0 fully saturated rings. The summed E-state index contributed by atoms with van der Waals surface area (Å²) in [6.07, 6.45) is 0. The number of benzene rings is 1. The molecule has 0 amide bonds. The van der Waals surface area contributed by atoms with Crippen molar-refractivity contribution in [2.75, 3.05) is 32.6 Å². The Morgan fingerprint density at radius 3 is 2.63 bits per heavy atom. The number of nitrogens with zero attached hydrogens (tertiary/aromatic N) is 3. The minimum absolute atomic E-state index is 0.399. The lowest BCUT2D eigenvalue weighted by atomic mass is 10.2. The Labute approximate surface area is 161 Å². The molecule has 0 spiro atoms. The predicted octanol–water partition coefficient (Wildman–Crippen LogP) is 3.23. The summed E-state index contributed by atoms with van der Waals surface area (Å²) in [6.45, 7) is 10.5. The lowest BCUT2D eigenvalue weighted by Gasteiger charge is -2.17. The molecule has 7 nitrogen and oxygen atoms in total. The molecule has 2 aromatic rings. The van der Waals surface area contributed by atoms with Gasteiger partial charge in [0, 0.05) is 37.6 Å². The average molecular weight is 374 g/mol. The molecule has 0 aliphatic carbocycles. The van der Waals surface area contributed by atoms with Gasteiger partial charge in [0.15, 0.2) is 17.5 Å². The zero-order valence-electron chi connectivity index (χ0n) is 17.2. The van der Waals surface area contributed by atoms with Crippen LogP contribution in [0.25, 0.3) is 0 Å². The quantitative estimate of drug-likeness (QED) is 0.549. The third kappa shape index (κ3) is 5.91. The van der Waals surface area contributed by atoms with Crippen LogP contribution >= 0.6 is 0 Å². The standard InChI is InChI=1S/C20H31N5O2/c1-7-27-19-11-17(8-9-18(19)26-6)23-20(21-5)22-12-14(2)13-25-16(4)10-15(3)24-25/h8-11,14H,7,12-13H2,1-6H3,(H2,21,22,23). The molecule has 2 N–H and O–H groups in total. The van der Waals surface area contributed by atoms with Crippen molar-refractivity contribution in [3.8, 4) is 11.5 Å². The van der Waals surface area contributed by atoms with E-state index in [9.17, 15) is 0 Å². The minimum atomic E-state index is 0.399. The van der Waals surface area contributed by atoms with Crippen LogP contribution in [0, 0.1) is 19.8 Å². The van der Waals surface area contributed by atoms with Gasteiger partial charge in [-0.25, -0.2) is 0 Å². The van der Waals surface area contributed by atoms with Crippen LogP contribution in [0.1, 0.15) is 25.2 Å². The maximum atomic E-state index is 5.63. The molecule has 27 heavy (non-hydrogen) atoms. The van der Waals surface area contributed by atoms with Crippen molar-refractivity contribution in [3.05, 3.63) is 35.7 Å². The number of guanidine groups is 1. The fourth-order valence-electron chi connectivity index (χ4n) is 2.83. The number of nitrogens with one attached hydrogen (secondary N) is 2. The van der Waals surface area contributed by atoms with E-state index in [-0.39, 0.29) is 0 Å². The highest BCUT2D eigenvalue weighted by Crippen LogP contribution is 2.30. The molecular formula is C20H31N5O2. The number of ether oxygens (including phenoxy) is 2. The van der Waals surface area contributed by atoms with Crippen LogP contribution in [0.3, 0.4) is 0 Å². The summed E-state index contributed by atoms with van der Waals surface area (Å²) >= 11 is 0. The van der Waals surface area contributed by atoms with Crippen LogP contribution in [-0.2, 0) is 6.54 Å². The van der Waals surface area contributed by atoms with Gasteiger partial charge in [0.2, 0.25) is 0 Å². The van der Waals surface area contributed by atoms with Crippen molar-refractivity contribution >= 4 is 11.6 Å².